The van der Waals surface area contributed by atoms with Crippen molar-refractivity contribution in [3.8, 4) is 5.75 Å². The Bertz CT molecular complexity index is 1030. The van der Waals surface area contributed by atoms with Gasteiger partial charge in [0.1, 0.15) is 18.1 Å². The van der Waals surface area contributed by atoms with Crippen LogP contribution in [-0.4, -0.2) is 59.4 Å². The Balaban J connectivity index is 2.05. The Labute approximate surface area is 203 Å². The summed E-state index contributed by atoms with van der Waals surface area (Å²) in [5, 5.41) is 11.1. The lowest BCUT2D eigenvalue weighted by atomic mass is 9.95. The minimum absolute atomic E-state index is 0.0987. The standard InChI is InChI=1S/C26H29BrN2O4/c1-4-17-33-21-13-9-18(10-14-21)23-22(24(30)19-7-11-20(27)12-8-19)25(31)26(32)29(23)16-15-28(5-2)6-3/h4,7-14,23,30H,1,5-6,15-17H2,2-3H3/t23-/m1/s1. The number of hydrogen-bond donors (Lipinski definition) is 1. The van der Waals surface area contributed by atoms with Crippen molar-refractivity contribution in [1.82, 2.24) is 9.80 Å². The van der Waals surface area contributed by atoms with Crippen LogP contribution in [0.3, 0.4) is 0 Å². The second-order valence-corrected chi connectivity index (χ2v) is 8.61. The molecule has 0 aromatic heterocycles. The number of rotatable bonds is 10. The van der Waals surface area contributed by atoms with Crippen molar-refractivity contribution < 1.29 is 19.4 Å². The van der Waals surface area contributed by atoms with Gasteiger partial charge in [0.05, 0.1) is 11.6 Å². The smallest absolute Gasteiger partial charge is 0.295 e. The average molecular weight is 513 g/mol. The van der Waals surface area contributed by atoms with E-state index in [-0.39, 0.29) is 11.3 Å². The number of Topliss-reactive ketones (excluding diaryl/α,β-unsaturated/α-hetero) is 1. The molecule has 0 bridgehead atoms. The fraction of sp³-hybridized carbons (Fsp3) is 0.308. The Kier molecular flexibility index (Phi) is 8.47. The molecule has 1 saturated heterocycles. The summed E-state index contributed by atoms with van der Waals surface area (Å²) in [6, 6.07) is 13.6. The summed E-state index contributed by atoms with van der Waals surface area (Å²) < 4.78 is 6.42. The van der Waals surface area contributed by atoms with E-state index in [1.807, 2.05) is 12.1 Å². The normalized spacial score (nSPS) is 17.6. The number of aliphatic hydroxyl groups is 1. The lowest BCUT2D eigenvalue weighted by Crippen LogP contribution is -2.38. The van der Waals surface area contributed by atoms with Crippen LogP contribution in [0.1, 0.15) is 31.0 Å². The molecule has 1 fully saturated rings. The van der Waals surface area contributed by atoms with Gasteiger partial charge in [0.2, 0.25) is 0 Å². The van der Waals surface area contributed by atoms with E-state index in [1.54, 1.807) is 47.4 Å². The van der Waals surface area contributed by atoms with Crippen LogP contribution in [0.15, 0.2) is 71.2 Å². The van der Waals surface area contributed by atoms with Crippen molar-refractivity contribution in [2.24, 2.45) is 0 Å². The molecule has 6 nitrogen and oxygen atoms in total. The fourth-order valence-electron chi connectivity index (χ4n) is 3.91. The number of carbonyl (C=O) groups is 2. The minimum Gasteiger partial charge on any atom is -0.507 e. The van der Waals surface area contributed by atoms with Gasteiger partial charge in [0.15, 0.2) is 0 Å². The highest BCUT2D eigenvalue weighted by atomic mass is 79.9. The second-order valence-electron chi connectivity index (χ2n) is 7.69. The van der Waals surface area contributed by atoms with Crippen molar-refractivity contribution in [3.05, 3.63) is 82.4 Å². The number of hydrogen-bond acceptors (Lipinski definition) is 5. The highest BCUT2D eigenvalue weighted by molar-refractivity contribution is 9.10. The van der Waals surface area contributed by atoms with Gasteiger partial charge in [-0.1, -0.05) is 66.7 Å². The molecule has 1 amide bonds. The van der Waals surface area contributed by atoms with Gasteiger partial charge in [-0.05, 0) is 42.9 Å². The van der Waals surface area contributed by atoms with Crippen LogP contribution >= 0.6 is 15.9 Å². The molecule has 174 valence electrons. The Morgan fingerprint density at radius 1 is 1.12 bits per heavy atom. The molecule has 2 aromatic carbocycles. The molecule has 3 rings (SSSR count). The van der Waals surface area contributed by atoms with E-state index in [4.69, 9.17) is 4.74 Å². The number of benzene rings is 2. The number of amides is 1. The number of carbonyl (C=O) groups excluding carboxylic acids is 2. The Morgan fingerprint density at radius 2 is 1.76 bits per heavy atom. The topological polar surface area (TPSA) is 70.1 Å². The lowest BCUT2D eigenvalue weighted by molar-refractivity contribution is -0.140. The molecule has 2 aromatic rings. The molecule has 0 radical (unpaired) electrons. The maximum atomic E-state index is 13.1. The van der Waals surface area contributed by atoms with Gasteiger partial charge >= 0.3 is 0 Å². The largest absolute Gasteiger partial charge is 0.507 e. The van der Waals surface area contributed by atoms with Crippen LogP contribution < -0.4 is 4.74 Å². The first-order valence-electron chi connectivity index (χ1n) is 11.0. The molecule has 0 saturated carbocycles. The van der Waals surface area contributed by atoms with Crippen LogP contribution in [-0.2, 0) is 9.59 Å². The fourth-order valence-corrected chi connectivity index (χ4v) is 4.18. The predicted molar refractivity (Wildman–Crippen MR) is 133 cm³/mol. The highest BCUT2D eigenvalue weighted by Gasteiger charge is 2.45. The lowest BCUT2D eigenvalue weighted by Gasteiger charge is -2.28. The molecular formula is C26H29BrN2O4. The van der Waals surface area contributed by atoms with Crippen molar-refractivity contribution in [1.29, 1.82) is 0 Å². The predicted octanol–water partition coefficient (Wildman–Crippen LogP) is 4.78. The van der Waals surface area contributed by atoms with E-state index in [9.17, 15) is 14.7 Å². The summed E-state index contributed by atoms with van der Waals surface area (Å²) in [4.78, 5) is 29.9. The third kappa shape index (κ3) is 5.54. The molecule has 0 unspecified atom stereocenters. The molecule has 1 N–H and O–H groups in total. The maximum absolute atomic E-state index is 13.1. The van der Waals surface area contributed by atoms with Crippen LogP contribution in [0.25, 0.3) is 5.76 Å². The summed E-state index contributed by atoms with van der Waals surface area (Å²) in [5.41, 5.74) is 1.32. The van der Waals surface area contributed by atoms with E-state index in [2.05, 4.69) is 41.3 Å². The SMILES string of the molecule is C=CCOc1ccc([C@@H]2C(=C(O)c3ccc(Br)cc3)C(=O)C(=O)N2CCN(CC)CC)cc1. The number of halogens is 1. The minimum atomic E-state index is -0.683. The first-order chi connectivity index (χ1) is 15.9. The van der Waals surface area contributed by atoms with Gasteiger partial charge in [0, 0.05) is 23.1 Å². The Hall–Kier alpha value is -2.90. The third-order valence-corrected chi connectivity index (χ3v) is 6.30. The zero-order valence-electron chi connectivity index (χ0n) is 19.0. The molecule has 0 aliphatic carbocycles. The number of ether oxygens (including phenoxy) is 1. The molecule has 7 heteroatoms. The van der Waals surface area contributed by atoms with Crippen LogP contribution in [0, 0.1) is 0 Å². The van der Waals surface area contributed by atoms with Crippen molar-refractivity contribution in [3.63, 3.8) is 0 Å². The van der Waals surface area contributed by atoms with E-state index in [0.29, 0.717) is 31.0 Å². The molecular weight excluding hydrogens is 484 g/mol. The molecule has 0 spiro atoms. The van der Waals surface area contributed by atoms with E-state index < -0.39 is 17.7 Å². The summed E-state index contributed by atoms with van der Waals surface area (Å²) >= 11 is 3.38. The molecule has 1 heterocycles. The summed E-state index contributed by atoms with van der Waals surface area (Å²) in [7, 11) is 0. The van der Waals surface area contributed by atoms with Gasteiger partial charge in [-0.25, -0.2) is 0 Å². The first kappa shape index (κ1) is 24.7. The zero-order valence-corrected chi connectivity index (χ0v) is 20.5. The number of ketones is 1. The molecule has 1 aliphatic rings. The second kappa shape index (κ2) is 11.3. The maximum Gasteiger partial charge on any atom is 0.295 e. The van der Waals surface area contributed by atoms with Gasteiger partial charge in [-0.2, -0.15) is 0 Å². The highest BCUT2D eigenvalue weighted by Crippen LogP contribution is 2.39. The van der Waals surface area contributed by atoms with Crippen molar-refractivity contribution >= 4 is 33.4 Å². The third-order valence-electron chi connectivity index (χ3n) is 5.77. The molecule has 1 aliphatic heterocycles. The van der Waals surface area contributed by atoms with Crippen molar-refractivity contribution in [2.75, 3.05) is 32.8 Å². The average Bonchev–Trinajstić information content (AvgIpc) is 3.08. The van der Waals surface area contributed by atoms with E-state index in [1.165, 1.54) is 0 Å². The molecule has 33 heavy (non-hydrogen) atoms. The van der Waals surface area contributed by atoms with Gasteiger partial charge < -0.3 is 19.6 Å². The summed E-state index contributed by atoms with van der Waals surface area (Å²) in [5.74, 6) is -0.792. The Morgan fingerprint density at radius 3 is 2.33 bits per heavy atom. The van der Waals surface area contributed by atoms with Gasteiger partial charge in [0.25, 0.3) is 11.7 Å². The van der Waals surface area contributed by atoms with Crippen LogP contribution in [0.5, 0.6) is 5.75 Å². The van der Waals surface area contributed by atoms with E-state index in [0.717, 1.165) is 23.1 Å². The van der Waals surface area contributed by atoms with Gasteiger partial charge in [-0.3, -0.25) is 9.59 Å². The van der Waals surface area contributed by atoms with Gasteiger partial charge in [-0.15, -0.1) is 0 Å². The number of likely N-dealkylation sites (tertiary alicyclic amines) is 1. The van der Waals surface area contributed by atoms with Crippen LogP contribution in [0.4, 0.5) is 0 Å². The summed E-state index contributed by atoms with van der Waals surface area (Å²) in [6.45, 7) is 10.9. The van der Waals surface area contributed by atoms with Crippen molar-refractivity contribution in [2.45, 2.75) is 19.9 Å². The monoisotopic (exact) mass is 512 g/mol. The quantitative estimate of drug-likeness (QED) is 0.214. The number of nitrogens with zero attached hydrogens (tertiary/aromatic N) is 2. The first-order valence-corrected chi connectivity index (χ1v) is 11.8. The summed E-state index contributed by atoms with van der Waals surface area (Å²) in [6.07, 6.45) is 1.66. The van der Waals surface area contributed by atoms with Crippen LogP contribution in [0.2, 0.25) is 0 Å². The van der Waals surface area contributed by atoms with E-state index >= 15 is 0 Å². The number of aliphatic hydroxyl groups excluding tert-OH is 1. The molecule has 1 atom stereocenters. The number of likely N-dealkylation sites (N-methyl/N-ethyl adjacent to an activating group) is 1. The zero-order chi connectivity index (χ0) is 24.0.